The fourth-order valence-electron chi connectivity index (χ4n) is 4.01. The van der Waals surface area contributed by atoms with Crippen molar-refractivity contribution < 1.29 is 19.0 Å². The van der Waals surface area contributed by atoms with Gasteiger partial charge in [0.15, 0.2) is 0 Å². The molecule has 2 aliphatic heterocycles. The van der Waals surface area contributed by atoms with E-state index in [0.717, 1.165) is 12.0 Å². The maximum absolute atomic E-state index is 13.0. The van der Waals surface area contributed by atoms with Crippen LogP contribution in [0.5, 0.6) is 0 Å². The smallest absolute Gasteiger partial charge is 0.227 e. The highest BCUT2D eigenvalue weighted by molar-refractivity contribution is 5.78. The lowest BCUT2D eigenvalue weighted by molar-refractivity contribution is -0.135. The van der Waals surface area contributed by atoms with Gasteiger partial charge in [0.25, 0.3) is 0 Å². The third-order valence-electron chi connectivity index (χ3n) is 5.54. The third kappa shape index (κ3) is 4.19. The molecule has 0 aromatic heterocycles. The largest absolute Gasteiger partial charge is 0.388 e. The van der Waals surface area contributed by atoms with E-state index >= 15 is 0 Å². The van der Waals surface area contributed by atoms with E-state index in [-0.39, 0.29) is 36.2 Å². The molecule has 2 saturated heterocycles. The Kier molecular flexibility index (Phi) is 5.41. The molecule has 6 heteroatoms. The third-order valence-corrected chi connectivity index (χ3v) is 5.54. The number of benzene rings is 1. The highest BCUT2D eigenvalue weighted by atomic mass is 19.1. The summed E-state index contributed by atoms with van der Waals surface area (Å²) in [5.41, 5.74) is -0.0511. The predicted molar refractivity (Wildman–Crippen MR) is 92.6 cm³/mol. The maximum Gasteiger partial charge on any atom is 0.227 e. The van der Waals surface area contributed by atoms with Crippen molar-refractivity contribution in [3.8, 4) is 0 Å². The minimum absolute atomic E-state index is 0.0408. The summed E-state index contributed by atoms with van der Waals surface area (Å²) in [5.74, 6) is -0.132. The predicted octanol–water partition coefficient (Wildman–Crippen LogP) is 1.34. The number of carbonyl (C=O) groups excluding carboxylic acids is 1. The lowest BCUT2D eigenvalue weighted by Crippen LogP contribution is -2.51. The van der Waals surface area contributed by atoms with Crippen LogP contribution in [0, 0.1) is 11.7 Å². The first kappa shape index (κ1) is 18.3. The average Bonchev–Trinajstić information content (AvgIpc) is 2.70. The van der Waals surface area contributed by atoms with Gasteiger partial charge in [-0.05, 0) is 44.5 Å². The Morgan fingerprint density at radius 1 is 1.44 bits per heavy atom. The van der Waals surface area contributed by atoms with Crippen molar-refractivity contribution in [1.29, 1.82) is 0 Å². The average molecular weight is 350 g/mol. The minimum Gasteiger partial charge on any atom is -0.388 e. The van der Waals surface area contributed by atoms with Crippen LogP contribution < -0.4 is 5.32 Å². The molecule has 0 bridgehead atoms. The number of nitrogens with one attached hydrogen (secondary N) is 1. The summed E-state index contributed by atoms with van der Waals surface area (Å²) >= 11 is 0. The topological polar surface area (TPSA) is 61.8 Å². The Morgan fingerprint density at radius 3 is 2.84 bits per heavy atom. The number of aliphatic hydroxyl groups is 1. The fraction of sp³-hybridized carbons (Fsp3) is 0.632. The first-order chi connectivity index (χ1) is 11.9. The highest BCUT2D eigenvalue weighted by Crippen LogP contribution is 2.33. The summed E-state index contributed by atoms with van der Waals surface area (Å²) < 4.78 is 19.0. The van der Waals surface area contributed by atoms with Gasteiger partial charge in [-0.25, -0.2) is 4.39 Å². The summed E-state index contributed by atoms with van der Waals surface area (Å²) in [7, 11) is 1.83. The van der Waals surface area contributed by atoms with Crippen molar-refractivity contribution in [2.75, 3.05) is 26.7 Å². The van der Waals surface area contributed by atoms with Gasteiger partial charge in [-0.3, -0.25) is 4.79 Å². The molecule has 138 valence electrons. The van der Waals surface area contributed by atoms with Crippen molar-refractivity contribution in [3.05, 3.63) is 35.6 Å². The van der Waals surface area contributed by atoms with E-state index < -0.39 is 5.60 Å². The van der Waals surface area contributed by atoms with Crippen molar-refractivity contribution >= 4 is 5.91 Å². The van der Waals surface area contributed by atoms with Crippen LogP contribution in [-0.2, 0) is 16.0 Å². The van der Waals surface area contributed by atoms with E-state index in [0.29, 0.717) is 26.1 Å². The Labute approximate surface area is 148 Å². The molecule has 25 heavy (non-hydrogen) atoms. The SMILES string of the molecule is CN[C@@H]1CO[C@@H]2CCN(C(=O)Cc3ccc(F)cc3)C[C@@H]2C[C@@]1(C)O. The molecule has 1 aromatic carbocycles. The molecule has 1 aromatic rings. The van der Waals surface area contributed by atoms with Crippen LogP contribution in [0.4, 0.5) is 4.39 Å². The van der Waals surface area contributed by atoms with E-state index in [9.17, 15) is 14.3 Å². The van der Waals surface area contributed by atoms with Gasteiger partial charge in [-0.1, -0.05) is 12.1 Å². The maximum atomic E-state index is 13.0. The number of hydrogen-bond donors (Lipinski definition) is 2. The standard InChI is InChI=1S/C19H27FN2O3/c1-19(24)10-14-11-22(8-7-16(14)25-12-17(19)21-2)18(23)9-13-3-5-15(20)6-4-13/h3-6,14,16-17,21,24H,7-12H2,1-2H3/t14-,16+,17+,19+/m0/s1. The molecule has 5 nitrogen and oxygen atoms in total. The number of halogens is 1. The van der Waals surface area contributed by atoms with E-state index in [4.69, 9.17) is 4.74 Å². The summed E-state index contributed by atoms with van der Waals surface area (Å²) in [6.07, 6.45) is 1.74. The molecule has 1 amide bonds. The molecule has 2 aliphatic rings. The van der Waals surface area contributed by atoms with Gasteiger partial charge < -0.3 is 20.1 Å². The number of likely N-dealkylation sites (tertiary alicyclic amines) is 1. The molecule has 0 spiro atoms. The van der Waals surface area contributed by atoms with E-state index in [1.54, 1.807) is 12.1 Å². The van der Waals surface area contributed by atoms with Crippen LogP contribution in [-0.4, -0.2) is 60.4 Å². The lowest BCUT2D eigenvalue weighted by atomic mass is 9.82. The molecule has 0 radical (unpaired) electrons. The van der Waals surface area contributed by atoms with Gasteiger partial charge in [0.2, 0.25) is 5.91 Å². The summed E-state index contributed by atoms with van der Waals surface area (Å²) in [5, 5.41) is 13.9. The van der Waals surface area contributed by atoms with Gasteiger partial charge in [0.05, 0.1) is 30.8 Å². The first-order valence-electron chi connectivity index (χ1n) is 8.92. The number of piperidine rings is 1. The number of likely N-dealkylation sites (N-methyl/N-ethyl adjacent to an activating group) is 1. The number of hydrogen-bond acceptors (Lipinski definition) is 4. The van der Waals surface area contributed by atoms with Gasteiger partial charge >= 0.3 is 0 Å². The van der Waals surface area contributed by atoms with Crippen molar-refractivity contribution in [3.63, 3.8) is 0 Å². The fourth-order valence-corrected chi connectivity index (χ4v) is 4.01. The Bertz CT molecular complexity index is 605. The van der Waals surface area contributed by atoms with Crippen LogP contribution in [0.15, 0.2) is 24.3 Å². The van der Waals surface area contributed by atoms with Crippen LogP contribution in [0.1, 0.15) is 25.3 Å². The van der Waals surface area contributed by atoms with Crippen LogP contribution >= 0.6 is 0 Å². The van der Waals surface area contributed by atoms with Gasteiger partial charge in [0, 0.05) is 19.0 Å². The second-order valence-electron chi connectivity index (χ2n) is 7.47. The minimum atomic E-state index is -0.864. The molecule has 4 atom stereocenters. The quantitative estimate of drug-likeness (QED) is 0.864. The molecular weight excluding hydrogens is 323 g/mol. The first-order valence-corrected chi connectivity index (χ1v) is 8.92. The Hall–Kier alpha value is -1.50. The van der Waals surface area contributed by atoms with E-state index in [2.05, 4.69) is 5.32 Å². The van der Waals surface area contributed by atoms with Gasteiger partial charge in [0.1, 0.15) is 5.82 Å². The second kappa shape index (κ2) is 7.40. The van der Waals surface area contributed by atoms with Crippen molar-refractivity contribution in [2.45, 2.75) is 43.9 Å². The van der Waals surface area contributed by atoms with Crippen molar-refractivity contribution in [1.82, 2.24) is 10.2 Å². The monoisotopic (exact) mass is 350 g/mol. The lowest BCUT2D eigenvalue weighted by Gasteiger charge is -2.39. The summed E-state index contributed by atoms with van der Waals surface area (Å²) in [6.45, 7) is 3.57. The van der Waals surface area contributed by atoms with Gasteiger partial charge in [-0.2, -0.15) is 0 Å². The van der Waals surface area contributed by atoms with Crippen molar-refractivity contribution in [2.24, 2.45) is 5.92 Å². The number of fused-ring (bicyclic) bond motifs is 1. The Morgan fingerprint density at radius 2 is 2.16 bits per heavy atom. The number of ether oxygens (including phenoxy) is 1. The zero-order valence-corrected chi connectivity index (χ0v) is 14.9. The number of carbonyl (C=O) groups is 1. The molecular formula is C19H27FN2O3. The highest BCUT2D eigenvalue weighted by Gasteiger charge is 2.43. The molecule has 0 aliphatic carbocycles. The zero-order chi connectivity index (χ0) is 18.0. The summed E-state index contributed by atoms with van der Waals surface area (Å²) in [6, 6.07) is 5.95. The molecule has 2 N–H and O–H groups in total. The molecule has 3 rings (SSSR count). The molecule has 0 unspecified atom stereocenters. The molecule has 2 fully saturated rings. The van der Waals surface area contributed by atoms with E-state index in [1.165, 1.54) is 12.1 Å². The summed E-state index contributed by atoms with van der Waals surface area (Å²) in [4.78, 5) is 14.5. The number of amides is 1. The molecule has 2 heterocycles. The zero-order valence-electron chi connectivity index (χ0n) is 14.9. The molecule has 0 saturated carbocycles. The van der Waals surface area contributed by atoms with Crippen LogP contribution in [0.25, 0.3) is 0 Å². The normalized spacial score (nSPS) is 32.8. The van der Waals surface area contributed by atoms with Crippen LogP contribution in [0.3, 0.4) is 0 Å². The number of nitrogens with zero attached hydrogens (tertiary/aromatic N) is 1. The second-order valence-corrected chi connectivity index (χ2v) is 7.47. The Balaban J connectivity index is 1.64. The van der Waals surface area contributed by atoms with Crippen LogP contribution in [0.2, 0.25) is 0 Å². The van der Waals surface area contributed by atoms with E-state index in [1.807, 2.05) is 18.9 Å². The number of rotatable bonds is 3. The van der Waals surface area contributed by atoms with Gasteiger partial charge in [-0.15, -0.1) is 0 Å².